The summed E-state index contributed by atoms with van der Waals surface area (Å²) in [5.74, 6) is -0.634. The fraction of sp³-hybridized carbons (Fsp3) is 0.875. The Morgan fingerprint density at radius 3 is 2.67 bits per heavy atom. The molecular weight excluding hydrogens is 158 g/mol. The molecule has 12 heavy (non-hydrogen) atoms. The van der Waals surface area contributed by atoms with Crippen molar-refractivity contribution in [3.8, 4) is 0 Å². The molecule has 70 valence electrons. The number of carbonyl (C=O) groups is 1. The minimum atomic E-state index is -0.655. The first-order valence-electron chi connectivity index (χ1n) is 4.38. The van der Waals surface area contributed by atoms with E-state index in [1.807, 2.05) is 32.7 Å². The van der Waals surface area contributed by atoms with Gasteiger partial charge in [-0.1, -0.05) is 0 Å². The molecule has 1 aliphatic heterocycles. The normalized spacial score (nSPS) is 36.2. The van der Waals surface area contributed by atoms with E-state index in [-0.39, 0.29) is 6.04 Å². The molecule has 0 radical (unpaired) electrons. The van der Waals surface area contributed by atoms with Gasteiger partial charge in [0.25, 0.3) is 1.43 Å². The lowest BCUT2D eigenvalue weighted by Crippen LogP contribution is -2.40. The average Bonchev–Trinajstić information content (AvgIpc) is 2.28. The highest BCUT2D eigenvalue weighted by Gasteiger charge is 2.46. The quantitative estimate of drug-likeness (QED) is 0.631. The van der Waals surface area contributed by atoms with E-state index in [0.29, 0.717) is 0 Å². The molecule has 0 amide bonds. The maximum absolute atomic E-state index is 11.1. The van der Waals surface area contributed by atoms with Crippen molar-refractivity contribution >= 4 is 5.97 Å². The monoisotopic (exact) mass is 175 g/mol. The first kappa shape index (κ1) is 8.01. The van der Waals surface area contributed by atoms with E-state index in [2.05, 4.69) is 5.11 Å². The predicted octanol–water partition coefficient (Wildman–Crippen LogP) is 0.526. The molecule has 1 fully saturated rings. The van der Waals surface area contributed by atoms with Crippen LogP contribution < -0.4 is 0 Å². The minimum Gasteiger partial charge on any atom is -0.479 e. The molecule has 2 atom stereocenters. The van der Waals surface area contributed by atoms with Crippen molar-refractivity contribution in [2.75, 3.05) is 7.05 Å². The van der Waals surface area contributed by atoms with E-state index in [1.54, 1.807) is 0 Å². The van der Waals surface area contributed by atoms with Crippen molar-refractivity contribution in [2.24, 2.45) is 0 Å². The summed E-state index contributed by atoms with van der Waals surface area (Å²) in [7, 11) is 1.88. The molecule has 0 aromatic heterocycles. The Bertz CT molecular complexity index is 219. The van der Waals surface area contributed by atoms with Crippen molar-refractivity contribution in [1.82, 2.24) is 4.90 Å². The molecule has 0 aromatic rings. The number of aliphatic carboxylic acids is 1. The zero-order chi connectivity index (χ0) is 10.2. The van der Waals surface area contributed by atoms with E-state index >= 15 is 0 Å². The van der Waals surface area contributed by atoms with Gasteiger partial charge in [0.2, 0.25) is 0 Å². The highest BCUT2D eigenvalue weighted by molar-refractivity contribution is 5.73. The molecule has 1 rings (SSSR count). The first-order valence-corrected chi connectivity index (χ1v) is 3.98. The van der Waals surface area contributed by atoms with Crippen LogP contribution in [0.3, 0.4) is 0 Å². The van der Waals surface area contributed by atoms with Crippen LogP contribution in [0, 0.1) is 0 Å². The van der Waals surface area contributed by atoms with Crippen LogP contribution in [0.15, 0.2) is 0 Å². The summed E-state index contributed by atoms with van der Waals surface area (Å²) in [5.41, 5.74) is -0.474. The highest BCUT2D eigenvalue weighted by Crippen LogP contribution is 2.29. The molecule has 4 nitrogen and oxygen atoms in total. The zero-order valence-corrected chi connectivity index (χ0v) is 7.83. The van der Waals surface area contributed by atoms with E-state index in [0.717, 1.165) is 0 Å². The minimum absolute atomic E-state index is 0.0622. The van der Waals surface area contributed by atoms with Gasteiger partial charge in [-0.15, -0.1) is 0 Å². The second kappa shape index (κ2) is 2.71. The Kier molecular flexibility index (Phi) is 1.81. The standard InChI is InChI=1S/C8H15NO3/c1-5-6(7(10)11)12-8(2,3)9(5)4/h5-6H,1-4H3,(H,10,11)/i/hT. The van der Waals surface area contributed by atoms with Crippen molar-refractivity contribution in [3.63, 3.8) is 0 Å². The lowest BCUT2D eigenvalue weighted by molar-refractivity contribution is -0.154. The van der Waals surface area contributed by atoms with Crippen LogP contribution in [0.1, 0.15) is 20.8 Å². The summed E-state index contributed by atoms with van der Waals surface area (Å²) in [6.07, 6.45) is -0.655. The molecule has 4 heteroatoms. The molecule has 0 spiro atoms. The number of likely N-dealkylation sites (N-methyl/N-ethyl adjacent to an activating group) is 1. The second-order valence-corrected chi connectivity index (χ2v) is 3.66. The van der Waals surface area contributed by atoms with Gasteiger partial charge in [0.15, 0.2) is 6.10 Å². The number of carboxylic acid groups (broad SMARTS) is 1. The lowest BCUT2D eigenvalue weighted by Gasteiger charge is -2.27. The molecule has 0 saturated carbocycles. The third kappa shape index (κ3) is 1.32. The molecule has 0 aromatic carbocycles. The maximum atomic E-state index is 11.1. The van der Waals surface area contributed by atoms with Crippen molar-refractivity contribution in [3.05, 3.63) is 0 Å². The Morgan fingerprint density at radius 2 is 2.33 bits per heavy atom. The van der Waals surface area contributed by atoms with Gasteiger partial charge in [0, 0.05) is 6.04 Å². The van der Waals surface area contributed by atoms with Gasteiger partial charge in [-0.25, -0.2) is 4.79 Å². The number of ether oxygens (including phenoxy) is 1. The van der Waals surface area contributed by atoms with Crippen LogP contribution in [0.4, 0.5) is 0 Å². The topological polar surface area (TPSA) is 49.8 Å². The van der Waals surface area contributed by atoms with Gasteiger partial charge in [0.1, 0.15) is 5.72 Å². The molecule has 0 aliphatic carbocycles. The van der Waals surface area contributed by atoms with E-state index < -0.39 is 17.8 Å². The molecule has 1 aliphatic rings. The van der Waals surface area contributed by atoms with Gasteiger partial charge >= 0.3 is 5.97 Å². The molecule has 1 saturated heterocycles. The summed E-state index contributed by atoms with van der Waals surface area (Å²) >= 11 is 0. The fourth-order valence-electron chi connectivity index (χ4n) is 1.43. The molecule has 2 unspecified atom stereocenters. The summed E-state index contributed by atoms with van der Waals surface area (Å²) in [5, 5.41) is 3.91. The van der Waals surface area contributed by atoms with Crippen molar-refractivity contribution in [1.29, 1.82) is 1.43 Å². The van der Waals surface area contributed by atoms with Crippen LogP contribution in [0.25, 0.3) is 1.43 Å². The highest BCUT2D eigenvalue weighted by atomic mass is 16.6. The number of hydrogen-bond donors (Lipinski definition) is 1. The van der Waals surface area contributed by atoms with E-state index in [9.17, 15) is 4.79 Å². The number of rotatable bonds is 1. The van der Waals surface area contributed by atoms with Gasteiger partial charge in [-0.2, -0.15) is 0 Å². The SMILES string of the molecule is [3H]OC(=O)C1OC(C)(C)N(C)C1C. The third-order valence-electron chi connectivity index (χ3n) is 2.55. The van der Waals surface area contributed by atoms with Crippen molar-refractivity contribution < 1.29 is 14.6 Å². The fourth-order valence-corrected chi connectivity index (χ4v) is 1.43. The Morgan fingerprint density at radius 1 is 1.75 bits per heavy atom. The van der Waals surface area contributed by atoms with Crippen molar-refractivity contribution in [2.45, 2.75) is 38.6 Å². The average molecular weight is 175 g/mol. The van der Waals surface area contributed by atoms with E-state index in [4.69, 9.17) is 6.17 Å². The number of hydrogen-bond acceptors (Lipinski definition) is 4. The smallest absolute Gasteiger partial charge is 0.334 e. The summed E-state index contributed by atoms with van der Waals surface area (Å²) in [6, 6.07) is -0.0622. The Labute approximate surface area is 73.6 Å². The largest absolute Gasteiger partial charge is 0.479 e. The second-order valence-electron chi connectivity index (χ2n) is 3.66. The molecule has 1 N–H and O–H groups in total. The summed E-state index contributed by atoms with van der Waals surface area (Å²) in [6.45, 7) is 5.62. The maximum Gasteiger partial charge on any atom is 0.334 e. The van der Waals surface area contributed by atoms with Gasteiger partial charge in [-0.05, 0) is 27.8 Å². The van der Waals surface area contributed by atoms with Gasteiger partial charge in [-0.3, -0.25) is 4.90 Å². The predicted molar refractivity (Wildman–Crippen MR) is 43.8 cm³/mol. The van der Waals surface area contributed by atoms with Crippen LogP contribution in [-0.2, 0) is 9.53 Å². The first-order chi connectivity index (χ1) is 5.90. The summed E-state index contributed by atoms with van der Waals surface area (Å²) < 4.78 is 12.0. The number of carboxylic acids is 1. The summed E-state index contributed by atoms with van der Waals surface area (Å²) in [4.78, 5) is 13.0. The van der Waals surface area contributed by atoms with Crippen LogP contribution in [0.2, 0.25) is 0 Å². The van der Waals surface area contributed by atoms with Crippen LogP contribution in [-0.4, -0.2) is 40.9 Å². The molecular formula is C8H15NO3. The van der Waals surface area contributed by atoms with Crippen LogP contribution in [0.5, 0.6) is 0 Å². The Hall–Kier alpha value is -0.610. The van der Waals surface area contributed by atoms with E-state index in [1.165, 1.54) is 0 Å². The van der Waals surface area contributed by atoms with Gasteiger partial charge < -0.3 is 9.85 Å². The Balaban J connectivity index is 2.78. The molecule has 1 heterocycles. The molecule has 0 bridgehead atoms. The zero-order valence-electron chi connectivity index (χ0n) is 8.83. The number of nitrogens with zero attached hydrogens (tertiary/aromatic N) is 1. The lowest BCUT2D eigenvalue weighted by atomic mass is 10.2. The third-order valence-corrected chi connectivity index (χ3v) is 2.55. The van der Waals surface area contributed by atoms with Crippen LogP contribution >= 0.6 is 0 Å². The van der Waals surface area contributed by atoms with Gasteiger partial charge in [0.05, 0.1) is 0 Å².